The number of nitrogens with zero attached hydrogens (tertiary/aromatic N) is 1. The third-order valence-electron chi connectivity index (χ3n) is 3.90. The number of hydrogen-bond acceptors (Lipinski definition) is 5. The van der Waals surface area contributed by atoms with Crippen molar-refractivity contribution in [1.82, 2.24) is 9.79 Å². The molecule has 0 aromatic heterocycles. The second kappa shape index (κ2) is 8.46. The smallest absolute Gasteiger partial charge is 0.264 e. The zero-order valence-electron chi connectivity index (χ0n) is 14.1. The second-order valence-corrected chi connectivity index (χ2v) is 7.80. The molecular formula is C16H25N3O4S. The van der Waals surface area contributed by atoms with Gasteiger partial charge in [-0.2, -0.15) is 0 Å². The summed E-state index contributed by atoms with van der Waals surface area (Å²) >= 11 is 0. The molecule has 0 unspecified atom stereocenters. The highest BCUT2D eigenvalue weighted by atomic mass is 32.2. The van der Waals surface area contributed by atoms with E-state index in [1.807, 2.05) is 0 Å². The molecule has 1 fully saturated rings. The molecular weight excluding hydrogens is 330 g/mol. The van der Waals surface area contributed by atoms with Crippen LogP contribution < -0.4 is 10.6 Å². The third kappa shape index (κ3) is 5.19. The fourth-order valence-corrected chi connectivity index (χ4v) is 3.68. The Morgan fingerprint density at radius 3 is 2.67 bits per heavy atom. The van der Waals surface area contributed by atoms with E-state index >= 15 is 0 Å². The summed E-state index contributed by atoms with van der Waals surface area (Å²) in [7, 11) is -2.26. The molecule has 1 amide bonds. The molecule has 0 radical (unpaired) electrons. The van der Waals surface area contributed by atoms with E-state index in [9.17, 15) is 13.2 Å². The van der Waals surface area contributed by atoms with Crippen molar-refractivity contribution in [3.63, 3.8) is 0 Å². The van der Waals surface area contributed by atoms with Gasteiger partial charge >= 0.3 is 0 Å². The Labute approximate surface area is 143 Å². The maximum Gasteiger partial charge on any atom is 0.264 e. The Balaban J connectivity index is 1.98. The van der Waals surface area contributed by atoms with E-state index in [1.165, 1.54) is 14.0 Å². The summed E-state index contributed by atoms with van der Waals surface area (Å²) < 4.78 is 26.2. The molecule has 1 aromatic rings. The second-order valence-electron chi connectivity index (χ2n) is 5.86. The van der Waals surface area contributed by atoms with Crippen LogP contribution in [0.15, 0.2) is 29.2 Å². The van der Waals surface area contributed by atoms with E-state index in [0.717, 1.165) is 30.2 Å². The molecule has 1 aliphatic carbocycles. The van der Waals surface area contributed by atoms with Gasteiger partial charge in [-0.05, 0) is 31.0 Å². The minimum absolute atomic E-state index is 0.0243. The van der Waals surface area contributed by atoms with Crippen LogP contribution in [0, 0.1) is 0 Å². The lowest BCUT2D eigenvalue weighted by atomic mass is 10.3. The molecule has 0 bridgehead atoms. The third-order valence-corrected chi connectivity index (χ3v) is 5.51. The topological polar surface area (TPSA) is 87.7 Å². The Kier molecular flexibility index (Phi) is 6.59. The molecule has 1 aliphatic rings. The first-order valence-corrected chi connectivity index (χ1v) is 9.57. The average molecular weight is 355 g/mol. The molecule has 0 spiro atoms. The first-order chi connectivity index (χ1) is 11.4. The maximum absolute atomic E-state index is 12.6. The molecule has 24 heavy (non-hydrogen) atoms. The van der Waals surface area contributed by atoms with E-state index in [4.69, 9.17) is 4.84 Å². The standard InChI is InChI=1S/C16H25N3O4S/c1-13(20)17-10-11-18-14-6-5-9-16(12-14)24(21,22)19(2)23-15-7-3-4-8-15/h5-6,9,12,15,18H,3-4,7-8,10-11H2,1-2H3,(H,17,20). The number of carbonyl (C=O) groups excluding carboxylic acids is 1. The van der Waals surface area contributed by atoms with Crippen molar-refractivity contribution in [2.75, 3.05) is 25.5 Å². The van der Waals surface area contributed by atoms with Crippen LogP contribution in [0.5, 0.6) is 0 Å². The van der Waals surface area contributed by atoms with E-state index in [2.05, 4.69) is 10.6 Å². The Morgan fingerprint density at radius 2 is 2.00 bits per heavy atom. The van der Waals surface area contributed by atoms with E-state index in [0.29, 0.717) is 18.8 Å². The number of benzene rings is 1. The molecule has 0 aliphatic heterocycles. The van der Waals surface area contributed by atoms with Gasteiger partial charge in [0.1, 0.15) is 0 Å². The van der Waals surface area contributed by atoms with Gasteiger partial charge in [-0.15, -0.1) is 0 Å². The lowest BCUT2D eigenvalue weighted by Crippen LogP contribution is -2.31. The Hall–Kier alpha value is -1.64. The molecule has 2 rings (SSSR count). The molecule has 0 atom stereocenters. The predicted molar refractivity (Wildman–Crippen MR) is 91.9 cm³/mol. The first-order valence-electron chi connectivity index (χ1n) is 8.13. The zero-order chi connectivity index (χ0) is 17.6. The van der Waals surface area contributed by atoms with Crippen LogP contribution in [-0.4, -0.2) is 45.0 Å². The summed E-state index contributed by atoms with van der Waals surface area (Å²) in [6, 6.07) is 6.57. The largest absolute Gasteiger partial charge is 0.383 e. The number of hydroxylamine groups is 1. The first kappa shape index (κ1) is 18.7. The van der Waals surface area contributed by atoms with Gasteiger partial charge in [0, 0.05) is 32.7 Å². The van der Waals surface area contributed by atoms with Crippen LogP contribution in [0.4, 0.5) is 5.69 Å². The average Bonchev–Trinajstić information content (AvgIpc) is 3.04. The predicted octanol–water partition coefficient (Wildman–Crippen LogP) is 1.73. The molecule has 1 saturated carbocycles. The van der Waals surface area contributed by atoms with Gasteiger partial charge < -0.3 is 10.6 Å². The van der Waals surface area contributed by atoms with Crippen molar-refractivity contribution >= 4 is 21.6 Å². The van der Waals surface area contributed by atoms with Gasteiger partial charge in [0.05, 0.1) is 11.0 Å². The molecule has 1 aromatic carbocycles. The summed E-state index contributed by atoms with van der Waals surface area (Å²) in [4.78, 5) is 16.6. The summed E-state index contributed by atoms with van der Waals surface area (Å²) in [6.07, 6.45) is 3.91. The van der Waals surface area contributed by atoms with Gasteiger partial charge in [0.25, 0.3) is 10.0 Å². The summed E-state index contributed by atoms with van der Waals surface area (Å²) in [6.45, 7) is 2.43. The molecule has 134 valence electrons. The summed E-state index contributed by atoms with van der Waals surface area (Å²) in [5, 5.41) is 5.76. The maximum atomic E-state index is 12.6. The quantitative estimate of drug-likeness (QED) is 0.548. The van der Waals surface area contributed by atoms with Gasteiger partial charge in [-0.3, -0.25) is 9.63 Å². The molecule has 0 heterocycles. The van der Waals surface area contributed by atoms with Crippen molar-refractivity contribution in [2.45, 2.75) is 43.6 Å². The van der Waals surface area contributed by atoms with Crippen molar-refractivity contribution < 1.29 is 18.0 Å². The SMILES string of the molecule is CC(=O)NCCNc1cccc(S(=O)(=O)N(C)OC2CCCC2)c1. The number of anilines is 1. The van der Waals surface area contributed by atoms with Crippen LogP contribution in [0.2, 0.25) is 0 Å². The molecule has 8 heteroatoms. The van der Waals surface area contributed by atoms with Gasteiger partial charge in [-0.1, -0.05) is 23.4 Å². The van der Waals surface area contributed by atoms with Crippen LogP contribution in [-0.2, 0) is 19.7 Å². The van der Waals surface area contributed by atoms with Crippen LogP contribution >= 0.6 is 0 Å². The van der Waals surface area contributed by atoms with E-state index in [-0.39, 0.29) is 16.9 Å². The zero-order valence-corrected chi connectivity index (χ0v) is 14.9. The monoisotopic (exact) mass is 355 g/mol. The highest BCUT2D eigenvalue weighted by molar-refractivity contribution is 7.89. The highest BCUT2D eigenvalue weighted by Crippen LogP contribution is 2.25. The fraction of sp³-hybridized carbons (Fsp3) is 0.562. The molecule has 7 nitrogen and oxygen atoms in total. The number of hydrogen-bond donors (Lipinski definition) is 2. The summed E-state index contributed by atoms with van der Waals surface area (Å²) in [5.41, 5.74) is 0.677. The van der Waals surface area contributed by atoms with Crippen molar-refractivity contribution in [2.24, 2.45) is 0 Å². The van der Waals surface area contributed by atoms with Crippen molar-refractivity contribution in [3.8, 4) is 0 Å². The van der Waals surface area contributed by atoms with Crippen molar-refractivity contribution in [3.05, 3.63) is 24.3 Å². The Morgan fingerprint density at radius 1 is 1.29 bits per heavy atom. The number of carbonyl (C=O) groups is 1. The number of rotatable bonds is 8. The number of nitrogens with one attached hydrogen (secondary N) is 2. The van der Waals surface area contributed by atoms with Crippen molar-refractivity contribution in [1.29, 1.82) is 0 Å². The summed E-state index contributed by atoms with van der Waals surface area (Å²) in [5.74, 6) is -0.0983. The fourth-order valence-electron chi connectivity index (χ4n) is 2.62. The minimum Gasteiger partial charge on any atom is -0.383 e. The lowest BCUT2D eigenvalue weighted by molar-refractivity contribution is -0.118. The van der Waals surface area contributed by atoms with E-state index in [1.54, 1.807) is 24.3 Å². The Bertz CT molecular complexity index is 657. The van der Waals surface area contributed by atoms with Crippen LogP contribution in [0.3, 0.4) is 0 Å². The van der Waals surface area contributed by atoms with Gasteiger partial charge in [0.2, 0.25) is 5.91 Å². The lowest BCUT2D eigenvalue weighted by Gasteiger charge is -2.21. The minimum atomic E-state index is -3.69. The van der Waals surface area contributed by atoms with Crippen LogP contribution in [0.25, 0.3) is 0 Å². The normalized spacial score (nSPS) is 15.6. The van der Waals surface area contributed by atoms with E-state index < -0.39 is 10.0 Å². The number of amides is 1. The molecule has 0 saturated heterocycles. The van der Waals surface area contributed by atoms with Gasteiger partial charge in [-0.25, -0.2) is 8.42 Å². The van der Waals surface area contributed by atoms with Gasteiger partial charge in [0.15, 0.2) is 0 Å². The number of sulfonamides is 1. The molecule has 2 N–H and O–H groups in total. The van der Waals surface area contributed by atoms with Crippen LogP contribution in [0.1, 0.15) is 32.6 Å². The highest BCUT2D eigenvalue weighted by Gasteiger charge is 2.26.